The van der Waals surface area contributed by atoms with Gasteiger partial charge in [0.15, 0.2) is 0 Å². The summed E-state index contributed by atoms with van der Waals surface area (Å²) in [4.78, 5) is 0. The number of nitrogens with two attached hydrogens (primary N) is 1. The molecule has 0 spiro atoms. The van der Waals surface area contributed by atoms with Crippen molar-refractivity contribution < 1.29 is 9.84 Å². The molecular weight excluding hydrogens is 178 g/mol. The van der Waals surface area contributed by atoms with Crippen LogP contribution in [0.4, 0.5) is 0 Å². The van der Waals surface area contributed by atoms with E-state index < -0.39 is 6.10 Å². The van der Waals surface area contributed by atoms with E-state index in [0.29, 0.717) is 5.92 Å². The summed E-state index contributed by atoms with van der Waals surface area (Å²) >= 11 is 0. The highest BCUT2D eigenvalue weighted by molar-refractivity contribution is 5.29. The molecule has 1 aliphatic rings. The van der Waals surface area contributed by atoms with Crippen LogP contribution in [0, 0.1) is 0 Å². The molecular formula is C11H15NO2. The standard InChI is InChI=1S/C11H15NO2/c12-5-11(13)9-3-1-2-8(4-9)10-6-14-7-10/h1-4,10-11,13H,5-7,12H2. The van der Waals surface area contributed by atoms with Crippen molar-refractivity contribution in [3.05, 3.63) is 35.4 Å². The first-order chi connectivity index (χ1) is 6.81. The van der Waals surface area contributed by atoms with Crippen molar-refractivity contribution in [3.63, 3.8) is 0 Å². The van der Waals surface area contributed by atoms with Gasteiger partial charge in [-0.15, -0.1) is 0 Å². The Kier molecular flexibility index (Phi) is 2.82. The van der Waals surface area contributed by atoms with Gasteiger partial charge in [-0.1, -0.05) is 24.3 Å². The Bertz CT molecular complexity index is 290. The van der Waals surface area contributed by atoms with Gasteiger partial charge in [-0.3, -0.25) is 0 Å². The van der Waals surface area contributed by atoms with E-state index >= 15 is 0 Å². The Hall–Kier alpha value is -0.900. The fourth-order valence-corrected chi connectivity index (χ4v) is 1.58. The smallest absolute Gasteiger partial charge is 0.0912 e. The summed E-state index contributed by atoms with van der Waals surface area (Å²) in [5.74, 6) is 0.500. The van der Waals surface area contributed by atoms with Gasteiger partial charge >= 0.3 is 0 Å². The second-order valence-electron chi connectivity index (χ2n) is 3.66. The molecule has 14 heavy (non-hydrogen) atoms. The highest BCUT2D eigenvalue weighted by atomic mass is 16.5. The first kappa shape index (κ1) is 9.65. The van der Waals surface area contributed by atoms with E-state index in [4.69, 9.17) is 10.5 Å². The van der Waals surface area contributed by atoms with Crippen molar-refractivity contribution in [2.45, 2.75) is 12.0 Å². The summed E-state index contributed by atoms with van der Waals surface area (Å²) in [5, 5.41) is 9.57. The largest absolute Gasteiger partial charge is 0.387 e. The molecule has 2 rings (SSSR count). The van der Waals surface area contributed by atoms with Crippen LogP contribution in [0.15, 0.2) is 24.3 Å². The predicted octanol–water partition coefficient (Wildman–Crippen LogP) is 0.793. The molecule has 0 amide bonds. The maximum absolute atomic E-state index is 9.57. The highest BCUT2D eigenvalue weighted by Gasteiger charge is 2.20. The molecule has 1 saturated heterocycles. The van der Waals surface area contributed by atoms with Crippen LogP contribution < -0.4 is 5.73 Å². The van der Waals surface area contributed by atoms with E-state index in [2.05, 4.69) is 6.07 Å². The van der Waals surface area contributed by atoms with Gasteiger partial charge in [-0.05, 0) is 11.1 Å². The molecule has 3 heteroatoms. The summed E-state index contributed by atoms with van der Waals surface area (Å²) in [5.41, 5.74) is 7.54. The van der Waals surface area contributed by atoms with Crippen LogP contribution in [-0.4, -0.2) is 24.9 Å². The number of hydrogen-bond acceptors (Lipinski definition) is 3. The molecule has 1 fully saturated rings. The van der Waals surface area contributed by atoms with Crippen molar-refractivity contribution in [3.8, 4) is 0 Å². The topological polar surface area (TPSA) is 55.5 Å². The average molecular weight is 193 g/mol. The molecule has 0 saturated carbocycles. The van der Waals surface area contributed by atoms with Crippen LogP contribution in [0.3, 0.4) is 0 Å². The van der Waals surface area contributed by atoms with Gasteiger partial charge in [0.2, 0.25) is 0 Å². The van der Waals surface area contributed by atoms with Crippen LogP contribution in [0.5, 0.6) is 0 Å². The molecule has 76 valence electrons. The zero-order chi connectivity index (χ0) is 9.97. The number of ether oxygens (including phenoxy) is 1. The number of hydrogen-bond donors (Lipinski definition) is 2. The van der Waals surface area contributed by atoms with Gasteiger partial charge in [0.25, 0.3) is 0 Å². The first-order valence-corrected chi connectivity index (χ1v) is 4.87. The Morgan fingerprint density at radius 1 is 1.50 bits per heavy atom. The number of rotatable bonds is 3. The SMILES string of the molecule is NCC(O)c1cccc(C2COC2)c1. The lowest BCUT2D eigenvalue weighted by atomic mass is 9.95. The third-order valence-electron chi connectivity index (χ3n) is 2.63. The maximum Gasteiger partial charge on any atom is 0.0912 e. The fourth-order valence-electron chi connectivity index (χ4n) is 1.58. The normalized spacial score (nSPS) is 19.0. The van der Waals surface area contributed by atoms with Gasteiger partial charge < -0.3 is 15.6 Å². The monoisotopic (exact) mass is 193 g/mol. The maximum atomic E-state index is 9.57. The highest BCUT2D eigenvalue weighted by Crippen LogP contribution is 2.25. The van der Waals surface area contributed by atoms with Crippen LogP contribution in [-0.2, 0) is 4.74 Å². The lowest BCUT2D eigenvalue weighted by Gasteiger charge is -2.26. The van der Waals surface area contributed by atoms with Crippen LogP contribution >= 0.6 is 0 Å². The molecule has 0 radical (unpaired) electrons. The van der Waals surface area contributed by atoms with Gasteiger partial charge in [-0.25, -0.2) is 0 Å². The average Bonchev–Trinajstić information content (AvgIpc) is 2.14. The van der Waals surface area contributed by atoms with Crippen LogP contribution in [0.2, 0.25) is 0 Å². The third-order valence-corrected chi connectivity index (χ3v) is 2.63. The minimum absolute atomic E-state index is 0.268. The summed E-state index contributed by atoms with van der Waals surface area (Å²) in [6, 6.07) is 7.95. The molecule has 0 aliphatic carbocycles. The summed E-state index contributed by atoms with van der Waals surface area (Å²) < 4.78 is 5.13. The fraction of sp³-hybridized carbons (Fsp3) is 0.455. The quantitative estimate of drug-likeness (QED) is 0.746. The number of aliphatic hydroxyl groups excluding tert-OH is 1. The Balaban J connectivity index is 2.17. The third kappa shape index (κ3) is 1.80. The van der Waals surface area contributed by atoms with E-state index in [1.54, 1.807) is 0 Å². The lowest BCUT2D eigenvalue weighted by Crippen LogP contribution is -2.25. The van der Waals surface area contributed by atoms with E-state index in [-0.39, 0.29) is 6.54 Å². The molecule has 1 atom stereocenters. The van der Waals surface area contributed by atoms with Crippen LogP contribution in [0.1, 0.15) is 23.1 Å². The molecule has 0 aromatic heterocycles. The summed E-state index contributed by atoms with van der Waals surface area (Å²) in [6.45, 7) is 1.86. The van der Waals surface area contributed by atoms with Crippen molar-refractivity contribution >= 4 is 0 Å². The van der Waals surface area contributed by atoms with Crippen molar-refractivity contribution in [2.24, 2.45) is 5.73 Å². The van der Waals surface area contributed by atoms with E-state index in [9.17, 15) is 5.11 Å². The molecule has 0 bridgehead atoms. The number of aliphatic hydroxyl groups is 1. The summed E-state index contributed by atoms with van der Waals surface area (Å²) in [7, 11) is 0. The Morgan fingerprint density at radius 2 is 2.29 bits per heavy atom. The summed E-state index contributed by atoms with van der Waals surface area (Å²) in [6.07, 6.45) is -0.545. The Morgan fingerprint density at radius 3 is 2.86 bits per heavy atom. The second-order valence-corrected chi connectivity index (χ2v) is 3.66. The van der Waals surface area contributed by atoms with Gasteiger partial charge in [-0.2, -0.15) is 0 Å². The molecule has 3 N–H and O–H groups in total. The predicted molar refractivity (Wildman–Crippen MR) is 54.0 cm³/mol. The minimum Gasteiger partial charge on any atom is -0.387 e. The zero-order valence-electron chi connectivity index (χ0n) is 8.02. The van der Waals surface area contributed by atoms with E-state index in [0.717, 1.165) is 18.8 Å². The lowest BCUT2D eigenvalue weighted by molar-refractivity contribution is 0.00832. The Labute approximate surface area is 83.5 Å². The second kappa shape index (κ2) is 4.09. The molecule has 1 unspecified atom stereocenters. The van der Waals surface area contributed by atoms with Crippen molar-refractivity contribution in [1.82, 2.24) is 0 Å². The zero-order valence-corrected chi connectivity index (χ0v) is 8.02. The van der Waals surface area contributed by atoms with Crippen LogP contribution in [0.25, 0.3) is 0 Å². The molecule has 1 heterocycles. The van der Waals surface area contributed by atoms with Crippen molar-refractivity contribution in [2.75, 3.05) is 19.8 Å². The molecule has 1 aromatic rings. The van der Waals surface area contributed by atoms with Gasteiger partial charge in [0.1, 0.15) is 0 Å². The molecule has 1 aliphatic heterocycles. The number of benzene rings is 1. The first-order valence-electron chi connectivity index (χ1n) is 4.87. The minimum atomic E-state index is -0.545. The van der Waals surface area contributed by atoms with E-state index in [1.165, 1.54) is 5.56 Å². The van der Waals surface area contributed by atoms with E-state index in [1.807, 2.05) is 18.2 Å². The van der Waals surface area contributed by atoms with Gasteiger partial charge in [0.05, 0.1) is 19.3 Å². The van der Waals surface area contributed by atoms with Gasteiger partial charge in [0, 0.05) is 12.5 Å². The van der Waals surface area contributed by atoms with Crippen molar-refractivity contribution in [1.29, 1.82) is 0 Å². The molecule has 1 aromatic carbocycles. The molecule has 3 nitrogen and oxygen atoms in total.